The molecule has 0 fully saturated rings. The van der Waals surface area contributed by atoms with E-state index in [4.69, 9.17) is 11.0 Å². The number of hydrogen-bond acceptors (Lipinski definition) is 4. The Morgan fingerprint density at radius 3 is 2.81 bits per heavy atom. The van der Waals surface area contributed by atoms with Gasteiger partial charge in [-0.05, 0) is 12.0 Å². The van der Waals surface area contributed by atoms with Crippen LogP contribution in [0.15, 0.2) is 18.5 Å². The molecule has 16 heavy (non-hydrogen) atoms. The molecule has 0 aromatic carbocycles. The van der Waals surface area contributed by atoms with Gasteiger partial charge in [-0.1, -0.05) is 13.8 Å². The molecule has 1 aromatic heterocycles. The molecule has 0 aliphatic carbocycles. The molecule has 0 atom stereocenters. The molecule has 1 rings (SSSR count). The van der Waals surface area contributed by atoms with Crippen molar-refractivity contribution in [2.75, 3.05) is 23.7 Å². The Bertz CT molecular complexity index is 368. The zero-order valence-electron chi connectivity index (χ0n) is 9.85. The van der Waals surface area contributed by atoms with Crippen molar-refractivity contribution in [1.82, 2.24) is 4.98 Å². The number of nitriles is 1. The van der Waals surface area contributed by atoms with E-state index in [-0.39, 0.29) is 0 Å². The van der Waals surface area contributed by atoms with Crippen LogP contribution in [-0.4, -0.2) is 18.1 Å². The van der Waals surface area contributed by atoms with Gasteiger partial charge in [-0.3, -0.25) is 4.98 Å². The van der Waals surface area contributed by atoms with Crippen molar-refractivity contribution in [2.45, 2.75) is 20.3 Å². The highest BCUT2D eigenvalue weighted by atomic mass is 15.1. The summed E-state index contributed by atoms with van der Waals surface area (Å²) in [7, 11) is 0. The van der Waals surface area contributed by atoms with Gasteiger partial charge >= 0.3 is 0 Å². The van der Waals surface area contributed by atoms with Gasteiger partial charge in [0, 0.05) is 19.3 Å². The first-order chi connectivity index (χ1) is 7.63. The van der Waals surface area contributed by atoms with Crippen molar-refractivity contribution in [1.29, 1.82) is 5.26 Å². The first-order valence-electron chi connectivity index (χ1n) is 5.46. The highest BCUT2D eigenvalue weighted by Crippen LogP contribution is 2.17. The molecule has 1 aromatic rings. The summed E-state index contributed by atoms with van der Waals surface area (Å²) in [5.41, 5.74) is 7.35. The third kappa shape index (κ3) is 3.77. The first kappa shape index (κ1) is 12.3. The van der Waals surface area contributed by atoms with E-state index in [1.807, 2.05) is 6.07 Å². The maximum atomic E-state index is 8.63. The summed E-state index contributed by atoms with van der Waals surface area (Å²) in [5.74, 6) is 0.542. The monoisotopic (exact) mass is 218 g/mol. The topological polar surface area (TPSA) is 65.9 Å². The SMILES string of the molecule is CC(C)CN(CCC#N)c1cncc(N)c1. The lowest BCUT2D eigenvalue weighted by Gasteiger charge is -2.25. The standard InChI is InChI=1S/C12H18N4/c1-10(2)9-16(5-3-4-13)12-6-11(14)7-15-8-12/h6-8,10H,3,5,9,14H2,1-2H3. The fraction of sp³-hybridized carbons (Fsp3) is 0.500. The molecular formula is C12H18N4. The van der Waals surface area contributed by atoms with Gasteiger partial charge in [-0.15, -0.1) is 0 Å². The van der Waals surface area contributed by atoms with Crippen LogP contribution in [0.2, 0.25) is 0 Å². The van der Waals surface area contributed by atoms with Crippen LogP contribution < -0.4 is 10.6 Å². The molecule has 4 nitrogen and oxygen atoms in total. The van der Waals surface area contributed by atoms with E-state index in [2.05, 4.69) is 29.8 Å². The van der Waals surface area contributed by atoms with E-state index < -0.39 is 0 Å². The Kier molecular flexibility index (Phi) is 4.59. The number of anilines is 2. The predicted octanol–water partition coefficient (Wildman–Crippen LogP) is 2.04. The quantitative estimate of drug-likeness (QED) is 0.821. The molecule has 0 amide bonds. The fourth-order valence-corrected chi connectivity index (χ4v) is 1.57. The van der Waals surface area contributed by atoms with Gasteiger partial charge < -0.3 is 10.6 Å². The smallest absolute Gasteiger partial charge is 0.0640 e. The van der Waals surface area contributed by atoms with Crippen LogP contribution in [0, 0.1) is 17.2 Å². The van der Waals surface area contributed by atoms with Crippen LogP contribution in [0.25, 0.3) is 0 Å². The van der Waals surface area contributed by atoms with Crippen LogP contribution in [0.1, 0.15) is 20.3 Å². The summed E-state index contributed by atoms with van der Waals surface area (Å²) in [4.78, 5) is 6.22. The molecule has 86 valence electrons. The van der Waals surface area contributed by atoms with Crippen molar-refractivity contribution >= 4 is 11.4 Å². The first-order valence-corrected chi connectivity index (χ1v) is 5.46. The van der Waals surface area contributed by atoms with E-state index in [1.54, 1.807) is 12.4 Å². The van der Waals surface area contributed by atoms with E-state index in [0.717, 1.165) is 18.8 Å². The maximum absolute atomic E-state index is 8.63. The summed E-state index contributed by atoms with van der Waals surface area (Å²) in [6.07, 6.45) is 3.93. The average molecular weight is 218 g/mol. The number of nitrogens with two attached hydrogens (primary N) is 1. The van der Waals surface area contributed by atoms with Gasteiger partial charge in [0.1, 0.15) is 0 Å². The minimum atomic E-state index is 0.515. The number of nitrogens with zero attached hydrogens (tertiary/aromatic N) is 3. The second-order valence-electron chi connectivity index (χ2n) is 4.22. The van der Waals surface area contributed by atoms with Crippen molar-refractivity contribution in [3.05, 3.63) is 18.5 Å². The Morgan fingerprint density at radius 1 is 1.50 bits per heavy atom. The number of aromatic nitrogens is 1. The molecule has 0 aliphatic rings. The van der Waals surface area contributed by atoms with Crippen molar-refractivity contribution in [3.8, 4) is 6.07 Å². The van der Waals surface area contributed by atoms with Gasteiger partial charge in [0.25, 0.3) is 0 Å². The van der Waals surface area contributed by atoms with Gasteiger partial charge in [-0.25, -0.2) is 0 Å². The van der Waals surface area contributed by atoms with Crippen LogP contribution in [0.3, 0.4) is 0 Å². The Hall–Kier alpha value is -1.76. The zero-order chi connectivity index (χ0) is 12.0. The van der Waals surface area contributed by atoms with Gasteiger partial charge in [0.15, 0.2) is 0 Å². The van der Waals surface area contributed by atoms with Gasteiger partial charge in [0.05, 0.1) is 30.1 Å². The van der Waals surface area contributed by atoms with E-state index in [9.17, 15) is 0 Å². The van der Waals surface area contributed by atoms with Gasteiger partial charge in [-0.2, -0.15) is 5.26 Å². The highest BCUT2D eigenvalue weighted by Gasteiger charge is 2.08. The summed E-state index contributed by atoms with van der Waals surface area (Å²) in [6, 6.07) is 4.06. The minimum absolute atomic E-state index is 0.515. The summed E-state index contributed by atoms with van der Waals surface area (Å²) >= 11 is 0. The maximum Gasteiger partial charge on any atom is 0.0640 e. The second kappa shape index (κ2) is 5.96. The van der Waals surface area contributed by atoms with Crippen LogP contribution in [0.4, 0.5) is 11.4 Å². The molecular weight excluding hydrogens is 200 g/mol. The molecule has 0 aliphatic heterocycles. The number of rotatable bonds is 5. The Morgan fingerprint density at radius 2 is 2.25 bits per heavy atom. The van der Waals surface area contributed by atoms with Gasteiger partial charge in [0.2, 0.25) is 0 Å². The Balaban J connectivity index is 2.79. The molecule has 0 spiro atoms. The molecule has 2 N–H and O–H groups in total. The molecule has 4 heteroatoms. The molecule has 0 unspecified atom stereocenters. The number of nitrogen functional groups attached to an aromatic ring is 1. The second-order valence-corrected chi connectivity index (χ2v) is 4.22. The summed E-state index contributed by atoms with van der Waals surface area (Å²) in [5, 5.41) is 8.63. The van der Waals surface area contributed by atoms with E-state index in [1.165, 1.54) is 0 Å². The normalized spacial score (nSPS) is 10.1. The molecule has 0 saturated carbocycles. The number of pyridine rings is 1. The highest BCUT2D eigenvalue weighted by molar-refractivity contribution is 5.53. The molecule has 1 heterocycles. The third-order valence-corrected chi connectivity index (χ3v) is 2.19. The van der Waals surface area contributed by atoms with Crippen LogP contribution >= 0.6 is 0 Å². The molecule has 0 radical (unpaired) electrons. The lowest BCUT2D eigenvalue weighted by molar-refractivity contribution is 0.611. The minimum Gasteiger partial charge on any atom is -0.397 e. The average Bonchev–Trinajstić information content (AvgIpc) is 2.23. The predicted molar refractivity (Wildman–Crippen MR) is 65.9 cm³/mol. The molecule has 0 bridgehead atoms. The lowest BCUT2D eigenvalue weighted by atomic mass is 10.2. The summed E-state index contributed by atoms with van der Waals surface area (Å²) in [6.45, 7) is 5.94. The molecule has 0 saturated heterocycles. The van der Waals surface area contributed by atoms with Crippen molar-refractivity contribution in [2.24, 2.45) is 5.92 Å². The van der Waals surface area contributed by atoms with Crippen LogP contribution in [-0.2, 0) is 0 Å². The fourth-order valence-electron chi connectivity index (χ4n) is 1.57. The van der Waals surface area contributed by atoms with Crippen molar-refractivity contribution < 1.29 is 0 Å². The van der Waals surface area contributed by atoms with E-state index >= 15 is 0 Å². The van der Waals surface area contributed by atoms with Crippen molar-refractivity contribution in [3.63, 3.8) is 0 Å². The number of hydrogen-bond donors (Lipinski definition) is 1. The largest absolute Gasteiger partial charge is 0.397 e. The third-order valence-electron chi connectivity index (χ3n) is 2.19. The van der Waals surface area contributed by atoms with Crippen LogP contribution in [0.5, 0.6) is 0 Å². The summed E-state index contributed by atoms with van der Waals surface area (Å²) < 4.78 is 0. The zero-order valence-corrected chi connectivity index (χ0v) is 9.85. The Labute approximate surface area is 96.7 Å². The van der Waals surface area contributed by atoms with E-state index in [0.29, 0.717) is 18.0 Å². The lowest BCUT2D eigenvalue weighted by Crippen LogP contribution is -2.28.